The minimum atomic E-state index is -0.298. The molecule has 1 N–H and O–H groups in total. The van der Waals surface area contributed by atoms with E-state index in [4.69, 9.17) is 25.8 Å². The molecule has 1 fully saturated rings. The fraction of sp³-hybridized carbons (Fsp3) is 0.381. The van der Waals surface area contributed by atoms with Crippen LogP contribution < -0.4 is 19.7 Å². The normalized spacial score (nSPS) is 13.9. The van der Waals surface area contributed by atoms with Crippen molar-refractivity contribution < 1.29 is 19.0 Å². The summed E-state index contributed by atoms with van der Waals surface area (Å²) in [6.45, 7) is 7.72. The summed E-state index contributed by atoms with van der Waals surface area (Å²) in [4.78, 5) is 14.9. The minimum Gasteiger partial charge on any atom is -0.492 e. The fourth-order valence-corrected chi connectivity index (χ4v) is 3.30. The molecule has 3 rings (SSSR count). The Morgan fingerprint density at radius 3 is 2.46 bits per heavy atom. The van der Waals surface area contributed by atoms with Gasteiger partial charge < -0.3 is 24.4 Å². The molecule has 0 aromatic heterocycles. The van der Waals surface area contributed by atoms with Crippen LogP contribution in [0.15, 0.2) is 36.4 Å². The molecule has 1 heterocycles. The number of morpholine rings is 1. The van der Waals surface area contributed by atoms with Gasteiger partial charge in [-0.2, -0.15) is 0 Å². The van der Waals surface area contributed by atoms with Gasteiger partial charge in [0, 0.05) is 25.2 Å². The molecular weight excluding hydrogens is 380 g/mol. The molecule has 2 aromatic rings. The van der Waals surface area contributed by atoms with Crippen molar-refractivity contribution in [1.29, 1.82) is 0 Å². The van der Waals surface area contributed by atoms with Crippen LogP contribution in [-0.4, -0.2) is 45.4 Å². The number of anilines is 2. The zero-order valence-electron chi connectivity index (χ0n) is 16.2. The molecule has 0 saturated carbocycles. The van der Waals surface area contributed by atoms with Crippen LogP contribution in [0.3, 0.4) is 0 Å². The van der Waals surface area contributed by atoms with Crippen LogP contribution in [0.2, 0.25) is 5.02 Å². The molecule has 0 unspecified atom stereocenters. The van der Waals surface area contributed by atoms with Crippen molar-refractivity contribution in [2.75, 3.05) is 49.7 Å². The Kier molecular flexibility index (Phi) is 7.01. The van der Waals surface area contributed by atoms with Crippen LogP contribution in [-0.2, 0) is 4.74 Å². The van der Waals surface area contributed by atoms with Crippen LogP contribution in [0.4, 0.5) is 11.4 Å². The first-order valence-corrected chi connectivity index (χ1v) is 9.84. The number of ether oxygens (including phenoxy) is 3. The Labute approximate surface area is 170 Å². The highest BCUT2D eigenvalue weighted by molar-refractivity contribution is 6.34. The quantitative estimate of drug-likeness (QED) is 0.748. The van der Waals surface area contributed by atoms with Crippen molar-refractivity contribution in [2.45, 2.75) is 13.8 Å². The summed E-state index contributed by atoms with van der Waals surface area (Å²) in [6.07, 6.45) is 0. The molecule has 7 heteroatoms. The second-order valence-corrected chi connectivity index (χ2v) is 6.62. The second-order valence-electron chi connectivity index (χ2n) is 6.22. The van der Waals surface area contributed by atoms with E-state index in [1.165, 1.54) is 0 Å². The number of halogens is 1. The van der Waals surface area contributed by atoms with Crippen molar-refractivity contribution in [3.63, 3.8) is 0 Å². The topological polar surface area (TPSA) is 60.0 Å². The highest BCUT2D eigenvalue weighted by Crippen LogP contribution is 2.39. The number of carbonyl (C=O) groups excluding carboxylic acids is 1. The molecule has 2 aromatic carbocycles. The number of hydrogen-bond donors (Lipinski definition) is 1. The van der Waals surface area contributed by atoms with Gasteiger partial charge in [0.15, 0.2) is 0 Å². The van der Waals surface area contributed by atoms with E-state index in [1.807, 2.05) is 26.0 Å². The maximum Gasteiger partial charge on any atom is 0.257 e. The number of hydrogen-bond acceptors (Lipinski definition) is 5. The van der Waals surface area contributed by atoms with Gasteiger partial charge in [-0.3, -0.25) is 4.79 Å². The second kappa shape index (κ2) is 9.66. The summed E-state index contributed by atoms with van der Waals surface area (Å²) in [5, 5.41) is 3.31. The summed E-state index contributed by atoms with van der Waals surface area (Å²) in [5.74, 6) is 0.989. The van der Waals surface area contributed by atoms with E-state index in [9.17, 15) is 4.79 Å². The standard InChI is InChI=1S/C21H25ClN2O4/c1-3-27-19-14-18(24-9-11-26-12-10-24)20(28-4-2)13-17(19)23-21(25)15-7-5-6-8-16(15)22/h5-8,13-14H,3-4,9-12H2,1-2H3,(H,23,25). The average molecular weight is 405 g/mol. The molecule has 1 amide bonds. The third kappa shape index (κ3) is 4.69. The van der Waals surface area contributed by atoms with Crippen molar-refractivity contribution in [3.8, 4) is 11.5 Å². The molecule has 6 nitrogen and oxygen atoms in total. The number of nitrogens with one attached hydrogen (secondary N) is 1. The summed E-state index contributed by atoms with van der Waals surface area (Å²) in [6, 6.07) is 10.7. The Morgan fingerprint density at radius 2 is 1.79 bits per heavy atom. The van der Waals surface area contributed by atoms with Crippen molar-refractivity contribution in [1.82, 2.24) is 0 Å². The smallest absolute Gasteiger partial charge is 0.257 e. The van der Waals surface area contributed by atoms with Crippen LogP contribution >= 0.6 is 11.6 Å². The van der Waals surface area contributed by atoms with Gasteiger partial charge in [0.1, 0.15) is 11.5 Å². The van der Waals surface area contributed by atoms with Gasteiger partial charge in [0.05, 0.1) is 48.4 Å². The molecule has 150 valence electrons. The molecular formula is C21H25ClN2O4. The molecule has 0 bridgehead atoms. The average Bonchev–Trinajstić information content (AvgIpc) is 2.71. The minimum absolute atomic E-state index is 0.298. The first-order valence-electron chi connectivity index (χ1n) is 9.46. The van der Waals surface area contributed by atoms with Crippen LogP contribution in [0.25, 0.3) is 0 Å². The predicted octanol–water partition coefficient (Wildman–Crippen LogP) is 4.23. The lowest BCUT2D eigenvalue weighted by Gasteiger charge is -2.31. The SMILES string of the molecule is CCOc1cc(N2CCOCC2)c(OCC)cc1NC(=O)c1ccccc1Cl. The van der Waals surface area contributed by atoms with E-state index in [1.54, 1.807) is 24.3 Å². The van der Waals surface area contributed by atoms with Gasteiger partial charge in [-0.15, -0.1) is 0 Å². The lowest BCUT2D eigenvalue weighted by atomic mass is 10.1. The highest BCUT2D eigenvalue weighted by Gasteiger charge is 2.21. The molecule has 28 heavy (non-hydrogen) atoms. The number of carbonyl (C=O) groups is 1. The van der Waals surface area contributed by atoms with E-state index < -0.39 is 0 Å². The summed E-state index contributed by atoms with van der Waals surface area (Å²) in [5.41, 5.74) is 1.89. The number of rotatable bonds is 7. The van der Waals surface area contributed by atoms with Gasteiger partial charge >= 0.3 is 0 Å². The van der Waals surface area contributed by atoms with E-state index in [0.29, 0.717) is 54.2 Å². The third-order valence-electron chi connectivity index (χ3n) is 4.38. The number of nitrogens with zero attached hydrogens (tertiary/aromatic N) is 1. The van der Waals surface area contributed by atoms with Crippen LogP contribution in [0.1, 0.15) is 24.2 Å². The molecule has 1 saturated heterocycles. The van der Waals surface area contributed by atoms with Gasteiger partial charge in [-0.1, -0.05) is 23.7 Å². The third-order valence-corrected chi connectivity index (χ3v) is 4.71. The Hall–Kier alpha value is -2.44. The monoisotopic (exact) mass is 404 g/mol. The van der Waals surface area contributed by atoms with Gasteiger partial charge in [0.2, 0.25) is 0 Å². The molecule has 0 aliphatic carbocycles. The largest absolute Gasteiger partial charge is 0.492 e. The summed E-state index contributed by atoms with van der Waals surface area (Å²) in [7, 11) is 0. The maximum absolute atomic E-state index is 12.7. The van der Waals surface area contributed by atoms with E-state index in [0.717, 1.165) is 18.8 Å². The Balaban J connectivity index is 1.95. The van der Waals surface area contributed by atoms with Gasteiger partial charge in [0.25, 0.3) is 5.91 Å². The van der Waals surface area contributed by atoms with Crippen molar-refractivity contribution in [3.05, 3.63) is 47.0 Å². The van der Waals surface area contributed by atoms with Crippen LogP contribution in [0.5, 0.6) is 11.5 Å². The zero-order valence-corrected chi connectivity index (χ0v) is 16.9. The predicted molar refractivity (Wildman–Crippen MR) is 111 cm³/mol. The Bertz CT molecular complexity index is 822. The lowest BCUT2D eigenvalue weighted by molar-refractivity contribution is 0.102. The first kappa shape index (κ1) is 20.3. The van der Waals surface area contributed by atoms with E-state index in [-0.39, 0.29) is 5.91 Å². The molecule has 0 spiro atoms. The van der Waals surface area contributed by atoms with E-state index >= 15 is 0 Å². The van der Waals surface area contributed by atoms with Gasteiger partial charge in [-0.25, -0.2) is 0 Å². The highest BCUT2D eigenvalue weighted by atomic mass is 35.5. The van der Waals surface area contributed by atoms with E-state index in [2.05, 4.69) is 10.2 Å². The number of benzene rings is 2. The van der Waals surface area contributed by atoms with Crippen LogP contribution in [0, 0.1) is 0 Å². The maximum atomic E-state index is 12.7. The summed E-state index contributed by atoms with van der Waals surface area (Å²) < 4.78 is 17.1. The molecule has 1 aliphatic rings. The fourth-order valence-electron chi connectivity index (χ4n) is 3.08. The summed E-state index contributed by atoms with van der Waals surface area (Å²) >= 11 is 6.16. The first-order chi connectivity index (χ1) is 13.6. The molecule has 1 aliphatic heterocycles. The molecule has 0 radical (unpaired) electrons. The number of amides is 1. The van der Waals surface area contributed by atoms with Gasteiger partial charge in [-0.05, 0) is 26.0 Å². The van der Waals surface area contributed by atoms with Crippen molar-refractivity contribution in [2.24, 2.45) is 0 Å². The zero-order chi connectivity index (χ0) is 19.9. The Morgan fingerprint density at radius 1 is 1.11 bits per heavy atom. The lowest BCUT2D eigenvalue weighted by Crippen LogP contribution is -2.36. The van der Waals surface area contributed by atoms with Crippen molar-refractivity contribution >= 4 is 28.9 Å². The molecule has 0 atom stereocenters.